The maximum atomic E-state index is 8.50. The van der Waals surface area contributed by atoms with E-state index in [4.69, 9.17) is 9.76 Å². The molecule has 0 saturated heterocycles. The van der Waals surface area contributed by atoms with E-state index in [2.05, 4.69) is 4.99 Å². The molecule has 0 atom stereocenters. The van der Waals surface area contributed by atoms with Gasteiger partial charge in [0, 0.05) is 5.56 Å². The van der Waals surface area contributed by atoms with Gasteiger partial charge in [-0.1, -0.05) is 24.2 Å². The molecule has 2 rings (SSSR count). The number of benzene rings is 1. The molecule has 0 fully saturated rings. The molecule has 75 valence electrons. The quantitative estimate of drug-likeness (QED) is 0.740. The maximum absolute atomic E-state index is 8.50. The van der Waals surface area contributed by atoms with Gasteiger partial charge in [0.1, 0.15) is 6.61 Å². The molecule has 15 heavy (non-hydrogen) atoms. The first kappa shape index (κ1) is 9.99. The Bertz CT molecular complexity index is 384. The van der Waals surface area contributed by atoms with Crippen molar-refractivity contribution in [3.63, 3.8) is 0 Å². The SMILES string of the molecule is O[B]/C=C/c1ccc(C2=NCCO2)cc1. The third kappa shape index (κ3) is 2.47. The smallest absolute Gasteiger partial charge is 0.318 e. The summed E-state index contributed by atoms with van der Waals surface area (Å²) in [4.78, 5) is 4.23. The minimum Gasteiger partial charge on any atom is -0.476 e. The molecule has 0 aromatic heterocycles. The number of hydrogen-bond donors (Lipinski definition) is 1. The van der Waals surface area contributed by atoms with Crippen LogP contribution in [0.4, 0.5) is 0 Å². The van der Waals surface area contributed by atoms with Crippen molar-refractivity contribution in [3.05, 3.63) is 41.4 Å². The van der Waals surface area contributed by atoms with Crippen molar-refractivity contribution >= 4 is 19.5 Å². The van der Waals surface area contributed by atoms with E-state index in [1.807, 2.05) is 30.3 Å². The second-order valence-electron chi connectivity index (χ2n) is 3.17. The second kappa shape index (κ2) is 4.80. The fourth-order valence-corrected chi connectivity index (χ4v) is 1.40. The van der Waals surface area contributed by atoms with Crippen LogP contribution in [-0.2, 0) is 4.74 Å². The van der Waals surface area contributed by atoms with Gasteiger partial charge in [-0.05, 0) is 17.7 Å². The van der Waals surface area contributed by atoms with E-state index in [-0.39, 0.29) is 0 Å². The Morgan fingerprint density at radius 1 is 1.33 bits per heavy atom. The van der Waals surface area contributed by atoms with Crippen LogP contribution >= 0.6 is 0 Å². The van der Waals surface area contributed by atoms with Crippen LogP contribution in [0.3, 0.4) is 0 Å². The van der Waals surface area contributed by atoms with Crippen LogP contribution in [0.15, 0.2) is 35.2 Å². The highest BCUT2D eigenvalue weighted by molar-refractivity contribution is 6.34. The van der Waals surface area contributed by atoms with Crippen LogP contribution in [-0.4, -0.2) is 31.6 Å². The zero-order valence-corrected chi connectivity index (χ0v) is 8.26. The summed E-state index contributed by atoms with van der Waals surface area (Å²) in [6.07, 6.45) is 1.82. The van der Waals surface area contributed by atoms with E-state index in [1.165, 1.54) is 0 Å². The van der Waals surface area contributed by atoms with E-state index >= 15 is 0 Å². The first-order valence-corrected chi connectivity index (χ1v) is 4.82. The van der Waals surface area contributed by atoms with Crippen molar-refractivity contribution in [2.45, 2.75) is 0 Å². The summed E-state index contributed by atoms with van der Waals surface area (Å²) in [6.45, 7) is 1.42. The topological polar surface area (TPSA) is 41.8 Å². The van der Waals surface area contributed by atoms with Gasteiger partial charge in [-0.3, -0.25) is 0 Å². The first-order valence-electron chi connectivity index (χ1n) is 4.82. The minimum absolute atomic E-state index is 0.677. The molecule has 0 spiro atoms. The molecule has 1 heterocycles. The van der Waals surface area contributed by atoms with Crippen LogP contribution in [0.1, 0.15) is 11.1 Å². The summed E-state index contributed by atoms with van der Waals surface area (Å²) < 4.78 is 5.35. The summed E-state index contributed by atoms with van der Waals surface area (Å²) in [5.74, 6) is 2.30. The van der Waals surface area contributed by atoms with Crippen LogP contribution in [0.25, 0.3) is 6.08 Å². The molecule has 0 bridgehead atoms. The van der Waals surface area contributed by atoms with Gasteiger partial charge >= 0.3 is 7.48 Å². The van der Waals surface area contributed by atoms with Crippen molar-refractivity contribution in [1.29, 1.82) is 0 Å². The molecule has 1 aliphatic rings. The lowest BCUT2D eigenvalue weighted by Gasteiger charge is -2.01. The molecule has 1 aliphatic heterocycles. The lowest BCUT2D eigenvalue weighted by Crippen LogP contribution is -2.00. The van der Waals surface area contributed by atoms with E-state index in [1.54, 1.807) is 5.98 Å². The third-order valence-electron chi connectivity index (χ3n) is 2.12. The Morgan fingerprint density at radius 3 is 2.73 bits per heavy atom. The lowest BCUT2D eigenvalue weighted by molar-refractivity contribution is 0.348. The number of ether oxygens (including phenoxy) is 1. The molecule has 1 N–H and O–H groups in total. The predicted molar refractivity (Wildman–Crippen MR) is 60.8 cm³/mol. The fraction of sp³-hybridized carbons (Fsp3) is 0.182. The first-order chi connectivity index (χ1) is 7.40. The highest BCUT2D eigenvalue weighted by atomic mass is 16.5. The van der Waals surface area contributed by atoms with E-state index in [0.29, 0.717) is 6.61 Å². The average Bonchev–Trinajstić information content (AvgIpc) is 2.80. The summed E-state index contributed by atoms with van der Waals surface area (Å²) >= 11 is 0. The number of rotatable bonds is 3. The molecule has 3 nitrogen and oxygen atoms in total. The van der Waals surface area contributed by atoms with Crippen molar-refractivity contribution in [2.24, 2.45) is 4.99 Å². The van der Waals surface area contributed by atoms with Gasteiger partial charge in [0.25, 0.3) is 0 Å². The third-order valence-corrected chi connectivity index (χ3v) is 2.12. The van der Waals surface area contributed by atoms with Crippen LogP contribution in [0.2, 0.25) is 0 Å². The summed E-state index contributed by atoms with van der Waals surface area (Å²) in [7, 11) is 1.01. The minimum atomic E-state index is 0.677. The van der Waals surface area contributed by atoms with Gasteiger partial charge in [-0.15, -0.1) is 0 Å². The Labute approximate surface area is 89.4 Å². The van der Waals surface area contributed by atoms with E-state index in [0.717, 1.165) is 31.1 Å². The molecular formula is C11H11BNO2. The highest BCUT2D eigenvalue weighted by Gasteiger charge is 2.08. The normalized spacial score (nSPS) is 15.1. The van der Waals surface area contributed by atoms with Crippen LogP contribution in [0, 0.1) is 0 Å². The maximum Gasteiger partial charge on any atom is 0.318 e. The molecule has 0 aliphatic carbocycles. The molecule has 0 unspecified atom stereocenters. The van der Waals surface area contributed by atoms with Gasteiger partial charge in [0.2, 0.25) is 5.90 Å². The summed E-state index contributed by atoms with van der Waals surface area (Å²) in [6, 6.07) is 7.83. The van der Waals surface area contributed by atoms with Crippen molar-refractivity contribution in [2.75, 3.05) is 13.2 Å². The van der Waals surface area contributed by atoms with Crippen molar-refractivity contribution in [3.8, 4) is 0 Å². The van der Waals surface area contributed by atoms with E-state index < -0.39 is 0 Å². The Kier molecular flexibility index (Phi) is 3.20. The average molecular weight is 200 g/mol. The van der Waals surface area contributed by atoms with Crippen molar-refractivity contribution < 1.29 is 9.76 Å². The molecule has 0 saturated carbocycles. The van der Waals surface area contributed by atoms with Gasteiger partial charge in [0.15, 0.2) is 0 Å². The molecule has 4 heteroatoms. The van der Waals surface area contributed by atoms with Crippen LogP contribution in [0.5, 0.6) is 0 Å². The molecule has 1 radical (unpaired) electrons. The van der Waals surface area contributed by atoms with Crippen molar-refractivity contribution in [1.82, 2.24) is 0 Å². The largest absolute Gasteiger partial charge is 0.476 e. The molecular weight excluding hydrogens is 189 g/mol. The van der Waals surface area contributed by atoms with E-state index in [9.17, 15) is 0 Å². The Balaban J connectivity index is 2.13. The van der Waals surface area contributed by atoms with Crippen LogP contribution < -0.4 is 0 Å². The number of hydrogen-bond acceptors (Lipinski definition) is 3. The summed E-state index contributed by atoms with van der Waals surface area (Å²) in [5.41, 5.74) is 2.03. The highest BCUT2D eigenvalue weighted by Crippen LogP contribution is 2.10. The number of nitrogens with zero attached hydrogens (tertiary/aromatic N) is 1. The zero-order chi connectivity index (χ0) is 10.5. The predicted octanol–water partition coefficient (Wildman–Crippen LogP) is 1.05. The fourth-order valence-electron chi connectivity index (χ4n) is 1.40. The molecule has 1 aromatic carbocycles. The zero-order valence-electron chi connectivity index (χ0n) is 8.26. The van der Waals surface area contributed by atoms with Gasteiger partial charge in [0.05, 0.1) is 6.54 Å². The Hall–Kier alpha value is -1.55. The molecule has 0 amide bonds. The Morgan fingerprint density at radius 2 is 2.13 bits per heavy atom. The summed E-state index contributed by atoms with van der Waals surface area (Å²) in [5, 5.41) is 8.50. The van der Waals surface area contributed by atoms with Gasteiger partial charge in [-0.25, -0.2) is 4.99 Å². The monoisotopic (exact) mass is 200 g/mol. The van der Waals surface area contributed by atoms with Gasteiger partial charge in [-0.2, -0.15) is 0 Å². The molecule has 1 aromatic rings. The second-order valence-corrected chi connectivity index (χ2v) is 3.17. The standard InChI is InChI=1S/C11H11BNO2/c14-12-6-5-9-1-3-10(4-2-9)11-13-7-8-15-11/h1-6,14H,7-8H2/b6-5+. The lowest BCUT2D eigenvalue weighted by atomic mass is 10.00. The van der Waals surface area contributed by atoms with Gasteiger partial charge < -0.3 is 9.76 Å². The number of aliphatic imine (C=N–C) groups is 1.